The average Bonchev–Trinajstić information content (AvgIpc) is 2.97. The fourth-order valence-electron chi connectivity index (χ4n) is 2.19. The number of alkyl halides is 3. The molecule has 2 heterocycles. The standard InChI is InChI=1S/C16H12F3N3O/c17-16(18,19)23-14-5-3-12(4-6-14)11-22-9-8-21-15(22)13-2-1-7-20-10-13/h1-10H,11H2. The normalized spacial score (nSPS) is 11.4. The van der Waals surface area contributed by atoms with E-state index in [-0.39, 0.29) is 5.75 Å². The minimum Gasteiger partial charge on any atom is -0.406 e. The molecule has 0 N–H and O–H groups in total. The molecule has 0 fully saturated rings. The van der Waals surface area contributed by atoms with Crippen molar-refractivity contribution in [3.63, 3.8) is 0 Å². The van der Waals surface area contributed by atoms with Gasteiger partial charge in [0, 0.05) is 36.9 Å². The first-order valence-electron chi connectivity index (χ1n) is 6.77. The number of hydrogen-bond donors (Lipinski definition) is 0. The molecule has 0 bridgehead atoms. The summed E-state index contributed by atoms with van der Waals surface area (Å²) < 4.78 is 42.2. The molecular formula is C16H12F3N3O. The van der Waals surface area contributed by atoms with Gasteiger partial charge in [0.2, 0.25) is 0 Å². The Balaban J connectivity index is 1.77. The molecule has 1 aromatic carbocycles. The van der Waals surface area contributed by atoms with Gasteiger partial charge in [-0.15, -0.1) is 13.2 Å². The Kier molecular flexibility index (Phi) is 4.01. The third-order valence-electron chi connectivity index (χ3n) is 3.15. The van der Waals surface area contributed by atoms with Gasteiger partial charge in [-0.2, -0.15) is 0 Å². The summed E-state index contributed by atoms with van der Waals surface area (Å²) in [5, 5.41) is 0. The number of pyridine rings is 1. The molecular weight excluding hydrogens is 307 g/mol. The molecule has 3 rings (SSSR count). The number of ether oxygens (including phenoxy) is 1. The third kappa shape index (κ3) is 3.88. The van der Waals surface area contributed by atoms with E-state index in [1.165, 1.54) is 12.1 Å². The maximum atomic E-state index is 12.1. The molecule has 0 spiro atoms. The number of halogens is 3. The lowest BCUT2D eigenvalue weighted by atomic mass is 10.2. The van der Waals surface area contributed by atoms with Gasteiger partial charge in [0.25, 0.3) is 0 Å². The maximum Gasteiger partial charge on any atom is 0.573 e. The Bertz CT molecular complexity index is 767. The van der Waals surface area contributed by atoms with Crippen LogP contribution in [-0.4, -0.2) is 20.9 Å². The van der Waals surface area contributed by atoms with Crippen LogP contribution >= 0.6 is 0 Å². The molecule has 0 saturated carbocycles. The van der Waals surface area contributed by atoms with Gasteiger partial charge in [-0.3, -0.25) is 4.98 Å². The summed E-state index contributed by atoms with van der Waals surface area (Å²) in [5.74, 6) is 0.507. The van der Waals surface area contributed by atoms with Gasteiger partial charge < -0.3 is 9.30 Å². The van der Waals surface area contributed by atoms with Crippen molar-refractivity contribution in [3.05, 3.63) is 66.7 Å². The van der Waals surface area contributed by atoms with E-state index in [0.717, 1.165) is 17.0 Å². The molecule has 0 atom stereocenters. The minimum absolute atomic E-state index is 0.237. The lowest BCUT2D eigenvalue weighted by molar-refractivity contribution is -0.274. The molecule has 0 aliphatic rings. The first-order chi connectivity index (χ1) is 11.0. The lowest BCUT2D eigenvalue weighted by Crippen LogP contribution is -2.17. The first kappa shape index (κ1) is 15.1. The molecule has 0 aliphatic heterocycles. The molecule has 7 heteroatoms. The summed E-state index contributed by atoms with van der Waals surface area (Å²) in [4.78, 5) is 8.36. The number of hydrogen-bond acceptors (Lipinski definition) is 3. The van der Waals surface area contributed by atoms with Gasteiger partial charge in [-0.1, -0.05) is 12.1 Å². The summed E-state index contributed by atoms with van der Waals surface area (Å²) >= 11 is 0. The third-order valence-corrected chi connectivity index (χ3v) is 3.15. The van der Waals surface area contributed by atoms with Crippen LogP contribution in [0, 0.1) is 0 Å². The van der Waals surface area contributed by atoms with Crippen LogP contribution in [0.5, 0.6) is 5.75 Å². The van der Waals surface area contributed by atoms with E-state index >= 15 is 0 Å². The Hall–Kier alpha value is -2.83. The second-order valence-corrected chi connectivity index (χ2v) is 4.81. The summed E-state index contributed by atoms with van der Waals surface area (Å²) in [7, 11) is 0. The minimum atomic E-state index is -4.68. The van der Waals surface area contributed by atoms with Crippen molar-refractivity contribution in [2.45, 2.75) is 12.9 Å². The van der Waals surface area contributed by atoms with E-state index in [0.29, 0.717) is 6.54 Å². The number of rotatable bonds is 4. The smallest absolute Gasteiger partial charge is 0.406 e. The molecule has 118 valence electrons. The van der Waals surface area contributed by atoms with E-state index < -0.39 is 6.36 Å². The van der Waals surface area contributed by atoms with Gasteiger partial charge in [0.05, 0.1) is 0 Å². The Morgan fingerprint density at radius 1 is 1.04 bits per heavy atom. The molecule has 0 aliphatic carbocycles. The van der Waals surface area contributed by atoms with E-state index in [4.69, 9.17) is 0 Å². The summed E-state index contributed by atoms with van der Waals surface area (Å²) in [5.41, 5.74) is 1.71. The molecule has 2 aromatic heterocycles. The van der Waals surface area contributed by atoms with Crippen LogP contribution in [-0.2, 0) is 6.54 Å². The SMILES string of the molecule is FC(F)(F)Oc1ccc(Cn2ccnc2-c2cccnc2)cc1. The zero-order valence-electron chi connectivity index (χ0n) is 11.9. The highest BCUT2D eigenvalue weighted by Crippen LogP contribution is 2.23. The fourth-order valence-corrected chi connectivity index (χ4v) is 2.19. The number of benzene rings is 1. The van der Waals surface area contributed by atoms with Gasteiger partial charge in [-0.25, -0.2) is 4.98 Å². The average molecular weight is 319 g/mol. The van der Waals surface area contributed by atoms with Crippen molar-refractivity contribution in [1.82, 2.24) is 14.5 Å². The van der Waals surface area contributed by atoms with E-state index in [1.54, 1.807) is 30.7 Å². The van der Waals surface area contributed by atoms with E-state index in [9.17, 15) is 13.2 Å². The first-order valence-corrected chi connectivity index (χ1v) is 6.77. The van der Waals surface area contributed by atoms with E-state index in [2.05, 4.69) is 14.7 Å². The second-order valence-electron chi connectivity index (χ2n) is 4.81. The predicted molar refractivity (Wildman–Crippen MR) is 77.7 cm³/mol. The summed E-state index contributed by atoms with van der Waals surface area (Å²) in [6.45, 7) is 0.483. The van der Waals surface area contributed by atoms with Crippen LogP contribution < -0.4 is 4.74 Å². The predicted octanol–water partition coefficient (Wildman–Crippen LogP) is 3.89. The molecule has 23 heavy (non-hydrogen) atoms. The quantitative estimate of drug-likeness (QED) is 0.732. The van der Waals surface area contributed by atoms with Crippen molar-refractivity contribution < 1.29 is 17.9 Å². The fraction of sp³-hybridized carbons (Fsp3) is 0.125. The highest BCUT2D eigenvalue weighted by atomic mass is 19.4. The van der Waals surface area contributed by atoms with Gasteiger partial charge in [0.15, 0.2) is 0 Å². The largest absolute Gasteiger partial charge is 0.573 e. The Morgan fingerprint density at radius 3 is 2.48 bits per heavy atom. The van der Waals surface area contributed by atoms with Crippen LogP contribution in [0.3, 0.4) is 0 Å². The molecule has 0 amide bonds. The molecule has 0 radical (unpaired) electrons. The van der Waals surface area contributed by atoms with Crippen molar-refractivity contribution in [1.29, 1.82) is 0 Å². The molecule has 0 unspecified atom stereocenters. The maximum absolute atomic E-state index is 12.1. The van der Waals surface area contributed by atoms with Crippen molar-refractivity contribution in [2.75, 3.05) is 0 Å². The molecule has 3 aromatic rings. The van der Waals surface area contributed by atoms with Crippen LogP contribution in [0.15, 0.2) is 61.2 Å². The van der Waals surface area contributed by atoms with Crippen LogP contribution in [0.25, 0.3) is 11.4 Å². The number of imidazole rings is 1. The highest BCUT2D eigenvalue weighted by molar-refractivity contribution is 5.53. The lowest BCUT2D eigenvalue weighted by Gasteiger charge is -2.10. The highest BCUT2D eigenvalue weighted by Gasteiger charge is 2.30. The zero-order valence-corrected chi connectivity index (χ0v) is 11.9. The van der Waals surface area contributed by atoms with Crippen molar-refractivity contribution >= 4 is 0 Å². The van der Waals surface area contributed by atoms with Crippen molar-refractivity contribution in [3.8, 4) is 17.1 Å². The molecule has 4 nitrogen and oxygen atoms in total. The van der Waals surface area contributed by atoms with E-state index in [1.807, 2.05) is 22.9 Å². The van der Waals surface area contributed by atoms with Crippen LogP contribution in [0.1, 0.15) is 5.56 Å². The van der Waals surface area contributed by atoms with Gasteiger partial charge in [0.1, 0.15) is 11.6 Å². The topological polar surface area (TPSA) is 39.9 Å². The van der Waals surface area contributed by atoms with Crippen molar-refractivity contribution in [2.24, 2.45) is 0 Å². The number of nitrogens with zero attached hydrogens (tertiary/aromatic N) is 3. The van der Waals surface area contributed by atoms with Crippen LogP contribution in [0.4, 0.5) is 13.2 Å². The Morgan fingerprint density at radius 2 is 1.83 bits per heavy atom. The zero-order chi connectivity index (χ0) is 16.3. The second kappa shape index (κ2) is 6.12. The summed E-state index contributed by atoms with van der Waals surface area (Å²) in [6, 6.07) is 9.49. The Labute approximate surface area is 130 Å². The van der Waals surface area contributed by atoms with Gasteiger partial charge >= 0.3 is 6.36 Å². The molecule has 0 saturated heterocycles. The summed E-state index contributed by atoms with van der Waals surface area (Å²) in [6.07, 6.45) is 2.18. The van der Waals surface area contributed by atoms with Crippen LogP contribution in [0.2, 0.25) is 0 Å². The monoisotopic (exact) mass is 319 g/mol. The van der Waals surface area contributed by atoms with Gasteiger partial charge in [-0.05, 0) is 29.8 Å². The number of aromatic nitrogens is 3.